The summed E-state index contributed by atoms with van der Waals surface area (Å²) in [7, 11) is 1.50. The van der Waals surface area contributed by atoms with E-state index in [1.54, 1.807) is 12.1 Å². The van der Waals surface area contributed by atoms with Crippen LogP contribution in [0.4, 0.5) is 4.39 Å². The van der Waals surface area contributed by atoms with E-state index in [2.05, 4.69) is 24.1 Å². The fraction of sp³-hybridized carbons (Fsp3) is 0.647. The van der Waals surface area contributed by atoms with E-state index in [0.717, 1.165) is 44.6 Å². The molecule has 0 spiro atoms. The summed E-state index contributed by atoms with van der Waals surface area (Å²) >= 11 is 0. The Morgan fingerprint density at radius 3 is 2.52 bits per heavy atom. The molecule has 1 saturated heterocycles. The highest BCUT2D eigenvalue weighted by atomic mass is 19.1. The molecule has 0 unspecified atom stereocenters. The van der Waals surface area contributed by atoms with E-state index in [9.17, 15) is 4.39 Å². The monoisotopic (exact) mass is 294 g/mol. The number of hydrogen-bond donors (Lipinski definition) is 1. The van der Waals surface area contributed by atoms with Crippen molar-refractivity contribution >= 4 is 0 Å². The molecule has 4 heteroatoms. The van der Waals surface area contributed by atoms with Crippen molar-refractivity contribution in [3.63, 3.8) is 0 Å². The average Bonchev–Trinajstić information content (AvgIpc) is 2.48. The van der Waals surface area contributed by atoms with Crippen LogP contribution in [0.1, 0.15) is 38.3 Å². The zero-order valence-electron chi connectivity index (χ0n) is 13.4. The molecule has 1 heterocycles. The number of methoxy groups -OCH3 is 1. The van der Waals surface area contributed by atoms with Crippen LogP contribution in [0.2, 0.25) is 0 Å². The van der Waals surface area contributed by atoms with Crippen LogP contribution < -0.4 is 10.1 Å². The highest BCUT2D eigenvalue weighted by Gasteiger charge is 2.23. The van der Waals surface area contributed by atoms with Gasteiger partial charge < -0.3 is 10.1 Å². The lowest BCUT2D eigenvalue weighted by atomic mass is 9.95. The minimum Gasteiger partial charge on any atom is -0.494 e. The highest BCUT2D eigenvalue weighted by molar-refractivity contribution is 5.31. The van der Waals surface area contributed by atoms with E-state index in [1.165, 1.54) is 7.11 Å². The Bertz CT molecular complexity index is 444. The maximum Gasteiger partial charge on any atom is 0.165 e. The second-order valence-corrected chi connectivity index (χ2v) is 6.17. The highest BCUT2D eigenvalue weighted by Crippen LogP contribution is 2.30. The molecule has 1 aromatic rings. The lowest BCUT2D eigenvalue weighted by Gasteiger charge is -2.35. The van der Waals surface area contributed by atoms with Crippen molar-refractivity contribution in [3.8, 4) is 5.75 Å². The van der Waals surface area contributed by atoms with Crippen LogP contribution in [0.3, 0.4) is 0 Å². The third-order valence-corrected chi connectivity index (χ3v) is 4.17. The number of ether oxygens (including phenoxy) is 1. The molecule has 0 aromatic heterocycles. The summed E-state index contributed by atoms with van der Waals surface area (Å²) in [5.41, 5.74) is 1.07. The smallest absolute Gasteiger partial charge is 0.165 e. The fourth-order valence-corrected chi connectivity index (χ4v) is 2.93. The Morgan fingerprint density at radius 2 is 1.95 bits per heavy atom. The van der Waals surface area contributed by atoms with Gasteiger partial charge >= 0.3 is 0 Å². The first kappa shape index (κ1) is 16.2. The van der Waals surface area contributed by atoms with Crippen molar-refractivity contribution in [2.75, 3.05) is 33.3 Å². The van der Waals surface area contributed by atoms with Crippen molar-refractivity contribution in [3.05, 3.63) is 29.6 Å². The van der Waals surface area contributed by atoms with Gasteiger partial charge in [0.05, 0.1) is 7.11 Å². The van der Waals surface area contributed by atoms with E-state index in [0.29, 0.717) is 17.7 Å². The van der Waals surface area contributed by atoms with Crippen molar-refractivity contribution in [2.24, 2.45) is 5.92 Å². The predicted octanol–water partition coefficient (Wildman–Crippen LogP) is 3.22. The fourth-order valence-electron chi connectivity index (χ4n) is 2.93. The summed E-state index contributed by atoms with van der Waals surface area (Å²) in [6, 6.07) is 5.70. The van der Waals surface area contributed by atoms with E-state index in [4.69, 9.17) is 4.74 Å². The number of rotatable bonds is 6. The summed E-state index contributed by atoms with van der Waals surface area (Å²) < 4.78 is 19.0. The minimum absolute atomic E-state index is 0.264. The second kappa shape index (κ2) is 7.76. The first-order chi connectivity index (χ1) is 10.1. The topological polar surface area (TPSA) is 24.5 Å². The average molecular weight is 294 g/mol. The summed E-state index contributed by atoms with van der Waals surface area (Å²) in [6.07, 6.45) is 2.23. The molecule has 1 N–H and O–H groups in total. The predicted molar refractivity (Wildman–Crippen MR) is 84.2 cm³/mol. The van der Waals surface area contributed by atoms with Crippen LogP contribution in [0.5, 0.6) is 5.75 Å². The number of halogens is 1. The molecule has 0 bridgehead atoms. The quantitative estimate of drug-likeness (QED) is 0.872. The number of piperazine rings is 1. The Kier molecular flexibility index (Phi) is 6.00. The van der Waals surface area contributed by atoms with Crippen LogP contribution in [0, 0.1) is 11.7 Å². The third kappa shape index (κ3) is 4.42. The molecular formula is C17H27FN2O. The standard InChI is InChI=1S/C17H27FN2O/c1-13(2)4-6-16(20-10-8-19-9-11-20)14-5-7-17(21-3)15(18)12-14/h5,7,12-13,16,19H,4,6,8-11H2,1-3H3/t16-/m1/s1. The van der Waals surface area contributed by atoms with E-state index < -0.39 is 0 Å². The molecule has 3 nitrogen and oxygen atoms in total. The number of benzene rings is 1. The van der Waals surface area contributed by atoms with Crippen LogP contribution in [-0.2, 0) is 0 Å². The van der Waals surface area contributed by atoms with Gasteiger partial charge in [0.1, 0.15) is 0 Å². The Balaban J connectivity index is 2.18. The zero-order chi connectivity index (χ0) is 15.2. The van der Waals surface area contributed by atoms with Gasteiger partial charge in [0, 0.05) is 32.2 Å². The molecule has 2 rings (SSSR count). The van der Waals surface area contributed by atoms with Crippen molar-refractivity contribution in [1.82, 2.24) is 10.2 Å². The summed E-state index contributed by atoms with van der Waals surface area (Å²) in [5, 5.41) is 3.38. The molecule has 0 saturated carbocycles. The van der Waals surface area contributed by atoms with Crippen LogP contribution in [0.25, 0.3) is 0 Å². The lowest BCUT2D eigenvalue weighted by Crippen LogP contribution is -2.45. The van der Waals surface area contributed by atoms with E-state index >= 15 is 0 Å². The molecule has 0 aliphatic carbocycles. The molecule has 0 radical (unpaired) electrons. The van der Waals surface area contributed by atoms with Crippen molar-refractivity contribution in [2.45, 2.75) is 32.7 Å². The third-order valence-electron chi connectivity index (χ3n) is 4.17. The first-order valence-electron chi connectivity index (χ1n) is 7.90. The van der Waals surface area contributed by atoms with Gasteiger partial charge in [-0.3, -0.25) is 4.90 Å². The molecule has 0 amide bonds. The SMILES string of the molecule is COc1ccc([C@@H](CCC(C)C)N2CCNCC2)cc1F. The normalized spacial score (nSPS) is 18.0. The molecule has 1 aliphatic heterocycles. The van der Waals surface area contributed by atoms with Crippen LogP contribution >= 0.6 is 0 Å². The molecular weight excluding hydrogens is 267 g/mol. The Labute approximate surface area is 127 Å². The minimum atomic E-state index is -0.264. The largest absolute Gasteiger partial charge is 0.494 e. The number of nitrogens with one attached hydrogen (secondary N) is 1. The van der Waals surface area contributed by atoms with Gasteiger partial charge in [-0.05, 0) is 36.5 Å². The lowest BCUT2D eigenvalue weighted by molar-refractivity contribution is 0.159. The van der Waals surface area contributed by atoms with Gasteiger partial charge in [0.2, 0.25) is 0 Å². The molecule has 1 aromatic carbocycles. The van der Waals surface area contributed by atoms with Crippen LogP contribution in [0.15, 0.2) is 18.2 Å². The Hall–Kier alpha value is -1.13. The molecule has 21 heavy (non-hydrogen) atoms. The van der Waals surface area contributed by atoms with E-state index in [-0.39, 0.29) is 5.82 Å². The zero-order valence-corrected chi connectivity index (χ0v) is 13.4. The van der Waals surface area contributed by atoms with Gasteiger partial charge in [-0.25, -0.2) is 4.39 Å². The molecule has 1 aliphatic rings. The van der Waals surface area contributed by atoms with Gasteiger partial charge in [-0.2, -0.15) is 0 Å². The van der Waals surface area contributed by atoms with Gasteiger partial charge in [-0.1, -0.05) is 19.9 Å². The molecule has 1 atom stereocenters. The second-order valence-electron chi connectivity index (χ2n) is 6.17. The van der Waals surface area contributed by atoms with Gasteiger partial charge in [0.25, 0.3) is 0 Å². The summed E-state index contributed by atoms with van der Waals surface area (Å²) in [4.78, 5) is 2.47. The van der Waals surface area contributed by atoms with Crippen molar-refractivity contribution < 1.29 is 9.13 Å². The van der Waals surface area contributed by atoms with Gasteiger partial charge in [-0.15, -0.1) is 0 Å². The maximum atomic E-state index is 14.0. The number of nitrogens with zero attached hydrogens (tertiary/aromatic N) is 1. The number of hydrogen-bond acceptors (Lipinski definition) is 3. The van der Waals surface area contributed by atoms with Crippen molar-refractivity contribution in [1.29, 1.82) is 0 Å². The maximum absolute atomic E-state index is 14.0. The summed E-state index contributed by atoms with van der Waals surface area (Å²) in [6.45, 7) is 8.55. The molecule has 1 fully saturated rings. The van der Waals surface area contributed by atoms with Crippen LogP contribution in [-0.4, -0.2) is 38.2 Å². The van der Waals surface area contributed by atoms with Gasteiger partial charge in [0.15, 0.2) is 11.6 Å². The summed E-state index contributed by atoms with van der Waals surface area (Å²) in [5.74, 6) is 0.722. The molecule has 118 valence electrons. The van der Waals surface area contributed by atoms with E-state index in [1.807, 2.05) is 6.07 Å². The first-order valence-corrected chi connectivity index (χ1v) is 7.90. The Morgan fingerprint density at radius 1 is 1.24 bits per heavy atom.